The number of hydrogen-bond donors (Lipinski definition) is 2. The Balaban J connectivity index is 4.42. The van der Waals surface area contributed by atoms with E-state index in [1.807, 2.05) is 6.92 Å². The number of carbonyl (C=O) groups excluding carboxylic acids is 2. The molecular formula is C13H26NO8P. The Hall–Kier alpha value is -0.990. The molecule has 2 atom stereocenters. The van der Waals surface area contributed by atoms with Crippen molar-refractivity contribution in [2.45, 2.75) is 45.6 Å². The van der Waals surface area contributed by atoms with E-state index in [4.69, 9.17) is 19.7 Å². The van der Waals surface area contributed by atoms with Gasteiger partial charge in [-0.05, 0) is 6.42 Å². The first-order valence-corrected chi connectivity index (χ1v) is 9.01. The molecule has 0 heterocycles. The molecule has 23 heavy (non-hydrogen) atoms. The maximum absolute atomic E-state index is 11.5. The number of phosphoric ester groups is 1. The van der Waals surface area contributed by atoms with Crippen LogP contribution in [0.5, 0.6) is 0 Å². The maximum atomic E-state index is 11.5. The van der Waals surface area contributed by atoms with Gasteiger partial charge in [0, 0.05) is 19.4 Å². The molecule has 9 nitrogen and oxygen atoms in total. The summed E-state index contributed by atoms with van der Waals surface area (Å²) in [6, 6.07) is 0. The van der Waals surface area contributed by atoms with Crippen LogP contribution in [0.2, 0.25) is 0 Å². The molecule has 10 heteroatoms. The molecular weight excluding hydrogens is 329 g/mol. The van der Waals surface area contributed by atoms with Gasteiger partial charge in [-0.25, -0.2) is 4.57 Å². The smallest absolute Gasteiger partial charge is 0.462 e. The van der Waals surface area contributed by atoms with Gasteiger partial charge in [0.05, 0.1) is 13.2 Å². The molecule has 0 radical (unpaired) electrons. The average Bonchev–Trinajstić information content (AvgIpc) is 2.53. The molecule has 0 aromatic rings. The van der Waals surface area contributed by atoms with E-state index in [1.54, 1.807) is 6.92 Å². The maximum Gasteiger partial charge on any atom is 0.472 e. The van der Waals surface area contributed by atoms with Crippen molar-refractivity contribution < 1.29 is 37.6 Å². The highest BCUT2D eigenvalue weighted by molar-refractivity contribution is 7.47. The van der Waals surface area contributed by atoms with Gasteiger partial charge in [-0.1, -0.05) is 20.3 Å². The third kappa shape index (κ3) is 12.1. The fourth-order valence-corrected chi connectivity index (χ4v) is 2.11. The van der Waals surface area contributed by atoms with E-state index in [9.17, 15) is 19.0 Å². The van der Waals surface area contributed by atoms with Crippen molar-refractivity contribution in [1.29, 1.82) is 0 Å². The number of hydrogen-bond acceptors (Lipinski definition) is 8. The zero-order valence-electron chi connectivity index (χ0n) is 13.6. The SMILES string of the molecule is CCCCC(=O)OC[C@H](COP(=O)(O)OCCN)OC(=O)CC. The van der Waals surface area contributed by atoms with Gasteiger partial charge in [-0.15, -0.1) is 0 Å². The van der Waals surface area contributed by atoms with Gasteiger partial charge in [0.15, 0.2) is 6.10 Å². The molecule has 0 saturated carbocycles. The minimum absolute atomic E-state index is 0.0528. The molecule has 3 N–H and O–H groups in total. The topological polar surface area (TPSA) is 134 Å². The second-order valence-corrected chi connectivity index (χ2v) is 6.09. The Kier molecular flexibility index (Phi) is 11.9. The zero-order valence-corrected chi connectivity index (χ0v) is 14.5. The van der Waals surface area contributed by atoms with Crippen molar-refractivity contribution in [3.8, 4) is 0 Å². The summed E-state index contributed by atoms with van der Waals surface area (Å²) in [5.41, 5.74) is 5.16. The second kappa shape index (κ2) is 12.4. The fourth-order valence-electron chi connectivity index (χ4n) is 1.35. The molecule has 0 amide bonds. The Morgan fingerprint density at radius 1 is 1.17 bits per heavy atom. The van der Waals surface area contributed by atoms with Crippen molar-refractivity contribution in [2.75, 3.05) is 26.4 Å². The van der Waals surface area contributed by atoms with E-state index < -0.39 is 32.5 Å². The largest absolute Gasteiger partial charge is 0.472 e. The summed E-state index contributed by atoms with van der Waals surface area (Å²) in [7, 11) is -4.29. The third-order valence-corrected chi connectivity index (χ3v) is 3.53. The highest BCUT2D eigenvalue weighted by Crippen LogP contribution is 2.42. The van der Waals surface area contributed by atoms with Crippen molar-refractivity contribution in [3.63, 3.8) is 0 Å². The van der Waals surface area contributed by atoms with Crippen LogP contribution >= 0.6 is 7.82 Å². The quantitative estimate of drug-likeness (QED) is 0.368. The van der Waals surface area contributed by atoms with Crippen molar-refractivity contribution in [1.82, 2.24) is 0 Å². The lowest BCUT2D eigenvalue weighted by atomic mass is 10.2. The summed E-state index contributed by atoms with van der Waals surface area (Å²) in [5, 5.41) is 0. The van der Waals surface area contributed by atoms with E-state index >= 15 is 0 Å². The zero-order chi connectivity index (χ0) is 17.7. The Morgan fingerprint density at radius 2 is 1.87 bits per heavy atom. The molecule has 0 aliphatic heterocycles. The van der Waals surface area contributed by atoms with E-state index in [-0.39, 0.29) is 32.6 Å². The lowest BCUT2D eigenvalue weighted by molar-refractivity contribution is -0.161. The molecule has 0 aromatic heterocycles. The minimum atomic E-state index is -4.29. The normalized spacial score (nSPS) is 14.8. The summed E-state index contributed by atoms with van der Waals surface area (Å²) in [6.07, 6.45) is 0.909. The van der Waals surface area contributed by atoms with Crippen molar-refractivity contribution in [3.05, 3.63) is 0 Å². The average molecular weight is 355 g/mol. The van der Waals surface area contributed by atoms with E-state index in [0.717, 1.165) is 6.42 Å². The molecule has 0 saturated heterocycles. The predicted molar refractivity (Wildman–Crippen MR) is 81.4 cm³/mol. The van der Waals surface area contributed by atoms with Gasteiger partial charge in [0.2, 0.25) is 0 Å². The number of rotatable bonds is 13. The summed E-state index contributed by atoms with van der Waals surface area (Å²) in [4.78, 5) is 32.2. The molecule has 0 aliphatic rings. The summed E-state index contributed by atoms with van der Waals surface area (Å²) >= 11 is 0. The molecule has 0 spiro atoms. The van der Waals surface area contributed by atoms with E-state index in [0.29, 0.717) is 6.42 Å². The highest BCUT2D eigenvalue weighted by atomic mass is 31.2. The number of esters is 2. The van der Waals surface area contributed by atoms with Crippen LogP contribution in [0.25, 0.3) is 0 Å². The molecule has 0 aromatic carbocycles. The van der Waals surface area contributed by atoms with Crippen molar-refractivity contribution in [2.24, 2.45) is 5.73 Å². The van der Waals surface area contributed by atoms with Crippen LogP contribution in [0.15, 0.2) is 0 Å². The summed E-state index contributed by atoms with van der Waals surface area (Å²) < 4.78 is 30.8. The first-order chi connectivity index (χ1) is 10.8. The number of nitrogens with two attached hydrogens (primary N) is 1. The molecule has 1 unspecified atom stereocenters. The van der Waals surface area contributed by atoms with Crippen LogP contribution < -0.4 is 5.73 Å². The number of carbonyl (C=O) groups is 2. The Morgan fingerprint density at radius 3 is 2.43 bits per heavy atom. The summed E-state index contributed by atoms with van der Waals surface area (Å²) in [5.74, 6) is -0.977. The fraction of sp³-hybridized carbons (Fsp3) is 0.846. The molecule has 0 aliphatic carbocycles. The van der Waals surface area contributed by atoms with Crippen molar-refractivity contribution >= 4 is 19.8 Å². The number of phosphoric acid groups is 1. The predicted octanol–water partition coefficient (Wildman–Crippen LogP) is 1.13. The number of ether oxygens (including phenoxy) is 2. The summed E-state index contributed by atoms with van der Waals surface area (Å²) in [6.45, 7) is 2.73. The van der Waals surface area contributed by atoms with Crippen LogP contribution in [0.4, 0.5) is 0 Å². The first kappa shape index (κ1) is 22.0. The first-order valence-electron chi connectivity index (χ1n) is 7.51. The molecule has 136 valence electrons. The van der Waals surface area contributed by atoms with Gasteiger partial charge in [0.1, 0.15) is 6.61 Å². The van der Waals surface area contributed by atoms with Crippen LogP contribution in [0.3, 0.4) is 0 Å². The lowest BCUT2D eigenvalue weighted by Gasteiger charge is -2.19. The third-order valence-electron chi connectivity index (χ3n) is 2.55. The standard InChI is InChI=1S/C13H26NO8P/c1-3-5-6-13(16)19-9-11(22-12(15)4-2)10-21-23(17,18)20-8-7-14/h11H,3-10,14H2,1-2H3,(H,17,18)/t11-/m1/s1. The number of unbranched alkanes of at least 4 members (excludes halogenated alkanes) is 1. The van der Waals surface area contributed by atoms with E-state index in [2.05, 4.69) is 4.52 Å². The lowest BCUT2D eigenvalue weighted by Crippen LogP contribution is -2.29. The van der Waals surface area contributed by atoms with Gasteiger partial charge < -0.3 is 20.1 Å². The monoisotopic (exact) mass is 355 g/mol. The van der Waals surface area contributed by atoms with Crippen LogP contribution in [0, 0.1) is 0 Å². The molecule has 0 fully saturated rings. The van der Waals surface area contributed by atoms with Gasteiger partial charge >= 0.3 is 19.8 Å². The van der Waals surface area contributed by atoms with E-state index in [1.165, 1.54) is 0 Å². The van der Waals surface area contributed by atoms with Crippen LogP contribution in [0.1, 0.15) is 39.5 Å². The second-order valence-electron chi connectivity index (χ2n) is 4.64. The minimum Gasteiger partial charge on any atom is -0.462 e. The Labute approximate surface area is 136 Å². The van der Waals surface area contributed by atoms with Gasteiger partial charge in [-0.2, -0.15) is 0 Å². The Bertz CT molecular complexity index is 403. The van der Waals surface area contributed by atoms with Crippen LogP contribution in [-0.4, -0.2) is 49.3 Å². The highest BCUT2D eigenvalue weighted by Gasteiger charge is 2.25. The molecule has 0 rings (SSSR count). The van der Waals surface area contributed by atoms with Gasteiger partial charge in [0.25, 0.3) is 0 Å². The van der Waals surface area contributed by atoms with Gasteiger partial charge in [-0.3, -0.25) is 18.6 Å². The molecule has 0 bridgehead atoms. The van der Waals surface area contributed by atoms with Crippen LogP contribution in [-0.2, 0) is 32.7 Å².